The number of anilines is 1. The third-order valence-electron chi connectivity index (χ3n) is 1.50. The second-order valence-corrected chi connectivity index (χ2v) is 2.96. The molecule has 0 bridgehead atoms. The standard InChI is InChI=1S/C10H11ClN2O2/c1-2-15-10(14)9(11)13-12-8-6-4-3-5-7-8/h3-7,12H,2H2,1H3. The molecule has 0 saturated carbocycles. The third kappa shape index (κ3) is 3.99. The Labute approximate surface area is 92.9 Å². The molecule has 0 aromatic heterocycles. The highest BCUT2D eigenvalue weighted by Gasteiger charge is 2.08. The second-order valence-electron chi connectivity index (χ2n) is 2.60. The van der Waals surface area contributed by atoms with E-state index in [4.69, 9.17) is 11.6 Å². The lowest BCUT2D eigenvalue weighted by Gasteiger charge is -2.01. The number of carbonyl (C=O) groups is 1. The Balaban J connectivity index is 2.54. The highest BCUT2D eigenvalue weighted by atomic mass is 35.5. The van der Waals surface area contributed by atoms with Crippen molar-refractivity contribution in [2.75, 3.05) is 12.0 Å². The summed E-state index contributed by atoms with van der Waals surface area (Å²) >= 11 is 5.57. The SMILES string of the molecule is CCOC(=O)C(Cl)=NNc1ccccc1. The second kappa shape index (κ2) is 6.03. The molecule has 0 heterocycles. The number of benzene rings is 1. The fraction of sp³-hybridized carbons (Fsp3) is 0.200. The van der Waals surface area contributed by atoms with Gasteiger partial charge in [0, 0.05) is 0 Å². The van der Waals surface area contributed by atoms with E-state index in [0.29, 0.717) is 0 Å². The summed E-state index contributed by atoms with van der Waals surface area (Å²) in [5, 5.41) is 3.45. The summed E-state index contributed by atoms with van der Waals surface area (Å²) in [4.78, 5) is 11.0. The van der Waals surface area contributed by atoms with E-state index in [0.717, 1.165) is 5.69 Å². The zero-order valence-electron chi connectivity index (χ0n) is 8.24. The first kappa shape index (κ1) is 11.5. The van der Waals surface area contributed by atoms with Crippen molar-refractivity contribution in [3.63, 3.8) is 0 Å². The highest BCUT2D eigenvalue weighted by molar-refractivity contribution is 6.82. The van der Waals surface area contributed by atoms with Crippen molar-refractivity contribution in [2.24, 2.45) is 5.10 Å². The number of hydrogen-bond acceptors (Lipinski definition) is 4. The average Bonchev–Trinajstić information content (AvgIpc) is 2.27. The maximum atomic E-state index is 11.0. The Bertz CT molecular complexity index is 352. The van der Waals surface area contributed by atoms with Crippen LogP contribution in [0, 0.1) is 0 Å². The van der Waals surface area contributed by atoms with Crippen LogP contribution in [0.2, 0.25) is 0 Å². The summed E-state index contributed by atoms with van der Waals surface area (Å²) in [6, 6.07) is 9.17. The Hall–Kier alpha value is -1.55. The molecule has 0 fully saturated rings. The molecule has 0 aliphatic rings. The number of ether oxygens (including phenoxy) is 1. The van der Waals surface area contributed by atoms with E-state index in [1.807, 2.05) is 18.2 Å². The molecule has 1 aromatic rings. The predicted octanol–water partition coefficient (Wildman–Crippen LogP) is 2.21. The fourth-order valence-corrected chi connectivity index (χ4v) is 0.959. The lowest BCUT2D eigenvalue weighted by atomic mass is 10.3. The molecule has 4 nitrogen and oxygen atoms in total. The number of carbonyl (C=O) groups excluding carboxylic acids is 1. The van der Waals surface area contributed by atoms with E-state index in [2.05, 4.69) is 15.3 Å². The van der Waals surface area contributed by atoms with Crippen LogP contribution in [-0.2, 0) is 9.53 Å². The summed E-state index contributed by atoms with van der Waals surface area (Å²) in [7, 11) is 0. The van der Waals surface area contributed by atoms with Crippen molar-refractivity contribution in [1.29, 1.82) is 0 Å². The van der Waals surface area contributed by atoms with Gasteiger partial charge in [0.25, 0.3) is 0 Å². The summed E-state index contributed by atoms with van der Waals surface area (Å²) in [5.41, 5.74) is 3.39. The molecule has 0 atom stereocenters. The van der Waals surface area contributed by atoms with Crippen LogP contribution in [0.3, 0.4) is 0 Å². The topological polar surface area (TPSA) is 50.7 Å². The number of nitrogens with one attached hydrogen (secondary N) is 1. The van der Waals surface area contributed by atoms with Crippen LogP contribution in [0.5, 0.6) is 0 Å². The molecule has 15 heavy (non-hydrogen) atoms. The number of halogens is 1. The molecule has 5 heteroatoms. The van der Waals surface area contributed by atoms with E-state index in [1.54, 1.807) is 19.1 Å². The molecule has 1 N–H and O–H groups in total. The first-order valence-corrected chi connectivity index (χ1v) is 4.83. The van der Waals surface area contributed by atoms with Crippen LogP contribution in [0.15, 0.2) is 35.4 Å². The van der Waals surface area contributed by atoms with Crippen molar-refractivity contribution in [1.82, 2.24) is 0 Å². The van der Waals surface area contributed by atoms with Gasteiger partial charge in [0.1, 0.15) is 0 Å². The molecule has 0 unspecified atom stereocenters. The monoisotopic (exact) mass is 226 g/mol. The van der Waals surface area contributed by atoms with Crippen LogP contribution >= 0.6 is 11.6 Å². The van der Waals surface area contributed by atoms with Gasteiger partial charge in [-0.2, -0.15) is 5.10 Å². The average molecular weight is 227 g/mol. The largest absolute Gasteiger partial charge is 0.461 e. The van der Waals surface area contributed by atoms with E-state index < -0.39 is 5.97 Å². The zero-order valence-corrected chi connectivity index (χ0v) is 8.99. The van der Waals surface area contributed by atoms with Crippen LogP contribution in [-0.4, -0.2) is 17.7 Å². The Morgan fingerprint density at radius 1 is 1.47 bits per heavy atom. The Kier molecular flexibility index (Phi) is 4.63. The molecule has 0 spiro atoms. The molecular weight excluding hydrogens is 216 g/mol. The molecular formula is C10H11ClN2O2. The lowest BCUT2D eigenvalue weighted by molar-refractivity contribution is -0.134. The van der Waals surface area contributed by atoms with E-state index in [1.165, 1.54) is 0 Å². The smallest absolute Gasteiger partial charge is 0.370 e. The van der Waals surface area contributed by atoms with Gasteiger partial charge in [-0.25, -0.2) is 4.79 Å². The maximum absolute atomic E-state index is 11.0. The molecule has 80 valence electrons. The molecule has 0 radical (unpaired) electrons. The number of rotatable bonds is 4. The predicted molar refractivity (Wildman–Crippen MR) is 60.0 cm³/mol. The molecule has 1 aromatic carbocycles. The van der Waals surface area contributed by atoms with Crippen molar-refractivity contribution >= 4 is 28.4 Å². The molecule has 0 aliphatic heterocycles. The van der Waals surface area contributed by atoms with Gasteiger partial charge in [0.15, 0.2) is 0 Å². The zero-order chi connectivity index (χ0) is 11.1. The van der Waals surface area contributed by atoms with Gasteiger partial charge in [-0.3, -0.25) is 5.43 Å². The number of para-hydroxylation sites is 1. The van der Waals surface area contributed by atoms with Crippen LogP contribution < -0.4 is 5.43 Å². The summed E-state index contributed by atoms with van der Waals surface area (Å²) in [6.45, 7) is 1.97. The summed E-state index contributed by atoms with van der Waals surface area (Å²) < 4.78 is 4.65. The van der Waals surface area contributed by atoms with Gasteiger partial charge in [-0.1, -0.05) is 29.8 Å². The van der Waals surface area contributed by atoms with Crippen LogP contribution in [0.25, 0.3) is 0 Å². The van der Waals surface area contributed by atoms with Crippen molar-refractivity contribution in [3.05, 3.63) is 30.3 Å². The minimum absolute atomic E-state index is 0.222. The van der Waals surface area contributed by atoms with Gasteiger partial charge in [-0.05, 0) is 19.1 Å². The quantitative estimate of drug-likeness (QED) is 0.487. The lowest BCUT2D eigenvalue weighted by Crippen LogP contribution is -2.13. The normalized spacial score (nSPS) is 10.9. The van der Waals surface area contributed by atoms with Gasteiger partial charge >= 0.3 is 5.97 Å². The van der Waals surface area contributed by atoms with Gasteiger partial charge in [0.05, 0.1) is 12.3 Å². The minimum Gasteiger partial charge on any atom is -0.461 e. The first-order chi connectivity index (χ1) is 7.24. The molecule has 1 rings (SSSR count). The summed E-state index contributed by atoms with van der Waals surface area (Å²) in [6.07, 6.45) is 0. The van der Waals surface area contributed by atoms with Crippen molar-refractivity contribution in [2.45, 2.75) is 6.92 Å². The Morgan fingerprint density at radius 2 is 2.13 bits per heavy atom. The van der Waals surface area contributed by atoms with Gasteiger partial charge < -0.3 is 4.74 Å². The van der Waals surface area contributed by atoms with E-state index in [-0.39, 0.29) is 11.8 Å². The van der Waals surface area contributed by atoms with E-state index in [9.17, 15) is 4.79 Å². The van der Waals surface area contributed by atoms with Gasteiger partial charge in [-0.15, -0.1) is 0 Å². The number of nitrogens with zero attached hydrogens (tertiary/aromatic N) is 1. The van der Waals surface area contributed by atoms with Crippen LogP contribution in [0.1, 0.15) is 6.92 Å². The fourth-order valence-electron chi connectivity index (χ4n) is 0.863. The molecule has 0 aliphatic carbocycles. The first-order valence-electron chi connectivity index (χ1n) is 4.45. The van der Waals surface area contributed by atoms with Crippen LogP contribution in [0.4, 0.5) is 5.69 Å². The summed E-state index contributed by atoms with van der Waals surface area (Å²) in [5.74, 6) is -0.636. The molecule has 0 saturated heterocycles. The van der Waals surface area contributed by atoms with Gasteiger partial charge in [0.2, 0.25) is 5.17 Å². The number of esters is 1. The van der Waals surface area contributed by atoms with Crippen molar-refractivity contribution < 1.29 is 9.53 Å². The van der Waals surface area contributed by atoms with Crippen molar-refractivity contribution in [3.8, 4) is 0 Å². The number of hydrazone groups is 1. The highest BCUT2D eigenvalue weighted by Crippen LogP contribution is 2.05. The number of hydrogen-bond donors (Lipinski definition) is 1. The minimum atomic E-state index is -0.636. The maximum Gasteiger partial charge on any atom is 0.370 e. The van der Waals surface area contributed by atoms with E-state index >= 15 is 0 Å². The third-order valence-corrected chi connectivity index (χ3v) is 1.74. The molecule has 0 amide bonds. The Morgan fingerprint density at radius 3 is 2.73 bits per heavy atom.